The molecule has 0 spiro atoms. The highest BCUT2D eigenvalue weighted by Gasteiger charge is 2.14. The van der Waals surface area contributed by atoms with Crippen LogP contribution in [-0.2, 0) is 0 Å². The number of rotatable bonds is 5. The normalized spacial score (nSPS) is 10.4. The van der Waals surface area contributed by atoms with Crippen LogP contribution in [-0.4, -0.2) is 29.0 Å². The quantitative estimate of drug-likeness (QED) is 0.923. The Kier molecular flexibility index (Phi) is 4.98. The third-order valence-electron chi connectivity index (χ3n) is 3.15. The fourth-order valence-corrected chi connectivity index (χ4v) is 1.91. The van der Waals surface area contributed by atoms with E-state index in [0.717, 1.165) is 25.2 Å². The fraction of sp³-hybridized carbons (Fsp3) is 0.267. The smallest absolute Gasteiger partial charge is 0.258 e. The second-order valence-electron chi connectivity index (χ2n) is 4.49. The average Bonchev–Trinajstić information content (AvgIpc) is 2.53. The number of nitrogens with one attached hydrogen (secondary N) is 1. The molecule has 2 rings (SSSR count). The summed E-state index contributed by atoms with van der Waals surface area (Å²) in [6, 6.07) is 3.36. The lowest BCUT2D eigenvalue weighted by Gasteiger charge is -2.18. The topological polar surface area (TPSA) is 58.1 Å². The van der Waals surface area contributed by atoms with Crippen molar-refractivity contribution in [1.29, 1.82) is 0 Å². The molecule has 7 heteroatoms. The van der Waals surface area contributed by atoms with Gasteiger partial charge in [-0.05, 0) is 26.0 Å². The van der Waals surface area contributed by atoms with E-state index in [1.807, 2.05) is 18.7 Å². The molecule has 0 bridgehead atoms. The maximum Gasteiger partial charge on any atom is 0.258 e. The van der Waals surface area contributed by atoms with Crippen LogP contribution in [0, 0.1) is 11.6 Å². The number of carbonyl (C=O) groups excluding carboxylic acids is 1. The van der Waals surface area contributed by atoms with Gasteiger partial charge in [0.25, 0.3) is 5.91 Å². The van der Waals surface area contributed by atoms with Crippen molar-refractivity contribution in [2.75, 3.05) is 23.3 Å². The maximum atomic E-state index is 13.5. The van der Waals surface area contributed by atoms with E-state index < -0.39 is 23.2 Å². The van der Waals surface area contributed by atoms with Crippen molar-refractivity contribution >= 4 is 17.5 Å². The summed E-state index contributed by atoms with van der Waals surface area (Å²) in [5.74, 6) is -1.85. The summed E-state index contributed by atoms with van der Waals surface area (Å²) in [6.45, 7) is 5.41. The molecular weight excluding hydrogens is 290 g/mol. The molecule has 0 fully saturated rings. The lowest BCUT2D eigenvalue weighted by molar-refractivity contribution is 0.102. The van der Waals surface area contributed by atoms with E-state index in [0.29, 0.717) is 5.95 Å². The van der Waals surface area contributed by atoms with Gasteiger partial charge in [-0.25, -0.2) is 18.7 Å². The van der Waals surface area contributed by atoms with Gasteiger partial charge in [0.1, 0.15) is 17.3 Å². The largest absolute Gasteiger partial charge is 0.341 e. The number of benzene rings is 1. The van der Waals surface area contributed by atoms with Gasteiger partial charge < -0.3 is 10.2 Å². The Morgan fingerprint density at radius 3 is 2.18 bits per heavy atom. The molecule has 1 N–H and O–H groups in total. The predicted octanol–water partition coefficient (Wildman–Crippen LogP) is 2.85. The average molecular weight is 306 g/mol. The van der Waals surface area contributed by atoms with Crippen molar-refractivity contribution < 1.29 is 13.6 Å². The zero-order valence-corrected chi connectivity index (χ0v) is 12.3. The van der Waals surface area contributed by atoms with Crippen LogP contribution in [0.2, 0.25) is 0 Å². The summed E-state index contributed by atoms with van der Waals surface area (Å²) >= 11 is 0. The molecule has 22 heavy (non-hydrogen) atoms. The van der Waals surface area contributed by atoms with Crippen molar-refractivity contribution in [3.05, 3.63) is 47.8 Å². The summed E-state index contributed by atoms with van der Waals surface area (Å²) in [4.78, 5) is 22.1. The number of amides is 1. The van der Waals surface area contributed by atoms with Gasteiger partial charge in [-0.3, -0.25) is 4.79 Å². The highest BCUT2D eigenvalue weighted by molar-refractivity contribution is 6.04. The minimum Gasteiger partial charge on any atom is -0.341 e. The van der Waals surface area contributed by atoms with E-state index in [2.05, 4.69) is 15.3 Å². The molecule has 5 nitrogen and oxygen atoms in total. The minimum atomic E-state index is -0.839. The van der Waals surface area contributed by atoms with Crippen molar-refractivity contribution in [3.63, 3.8) is 0 Å². The van der Waals surface area contributed by atoms with E-state index in [1.54, 1.807) is 0 Å². The van der Waals surface area contributed by atoms with Crippen LogP contribution in [0.15, 0.2) is 30.6 Å². The van der Waals surface area contributed by atoms with E-state index in [4.69, 9.17) is 0 Å². The molecule has 116 valence electrons. The van der Waals surface area contributed by atoms with Gasteiger partial charge in [0, 0.05) is 25.5 Å². The van der Waals surface area contributed by atoms with Crippen LogP contribution in [0.5, 0.6) is 0 Å². The fourth-order valence-electron chi connectivity index (χ4n) is 1.91. The molecule has 0 radical (unpaired) electrons. The molecule has 0 aliphatic rings. The standard InChI is InChI=1S/C15H16F2N4O/c1-3-21(4-2)15-18-8-10(9-19-15)14(22)20-13-11(16)6-5-7-12(13)17/h5-9H,3-4H2,1-2H3,(H,20,22). The van der Waals surface area contributed by atoms with E-state index in [-0.39, 0.29) is 5.56 Å². The maximum absolute atomic E-state index is 13.5. The second-order valence-corrected chi connectivity index (χ2v) is 4.49. The first kappa shape index (κ1) is 15.8. The Bertz CT molecular complexity index is 637. The first-order chi connectivity index (χ1) is 10.6. The number of halogens is 2. The van der Waals surface area contributed by atoms with Crippen LogP contribution in [0.3, 0.4) is 0 Å². The van der Waals surface area contributed by atoms with Gasteiger partial charge in [-0.15, -0.1) is 0 Å². The molecule has 0 saturated heterocycles. The van der Waals surface area contributed by atoms with Crippen LogP contribution in [0.4, 0.5) is 20.4 Å². The zero-order valence-electron chi connectivity index (χ0n) is 12.3. The number of hydrogen-bond acceptors (Lipinski definition) is 4. The molecule has 1 heterocycles. The van der Waals surface area contributed by atoms with E-state index in [1.165, 1.54) is 18.5 Å². The Labute approximate surface area is 127 Å². The third-order valence-corrected chi connectivity index (χ3v) is 3.15. The van der Waals surface area contributed by atoms with Gasteiger partial charge in [-0.1, -0.05) is 6.07 Å². The minimum absolute atomic E-state index is 0.124. The first-order valence-corrected chi connectivity index (χ1v) is 6.89. The van der Waals surface area contributed by atoms with E-state index in [9.17, 15) is 13.6 Å². The van der Waals surface area contributed by atoms with E-state index >= 15 is 0 Å². The molecule has 2 aromatic rings. The summed E-state index contributed by atoms with van der Waals surface area (Å²) in [6.07, 6.45) is 2.66. The third kappa shape index (κ3) is 3.36. The van der Waals surface area contributed by atoms with Gasteiger partial charge in [0.05, 0.1) is 5.56 Å². The molecule has 1 aromatic heterocycles. The second kappa shape index (κ2) is 6.93. The van der Waals surface area contributed by atoms with Crippen LogP contribution >= 0.6 is 0 Å². The first-order valence-electron chi connectivity index (χ1n) is 6.89. The lowest BCUT2D eigenvalue weighted by atomic mass is 10.2. The SMILES string of the molecule is CCN(CC)c1ncc(C(=O)Nc2c(F)cccc2F)cn1. The molecular formula is C15H16F2N4O. The summed E-state index contributed by atoms with van der Waals surface area (Å²) in [7, 11) is 0. The van der Waals surface area contributed by atoms with Crippen molar-refractivity contribution in [2.24, 2.45) is 0 Å². The number of nitrogens with zero attached hydrogens (tertiary/aromatic N) is 3. The van der Waals surface area contributed by atoms with Gasteiger partial charge >= 0.3 is 0 Å². The zero-order chi connectivity index (χ0) is 16.1. The van der Waals surface area contributed by atoms with Crippen LogP contribution in [0.1, 0.15) is 24.2 Å². The monoisotopic (exact) mass is 306 g/mol. The molecule has 1 aromatic carbocycles. The number of para-hydroxylation sites is 1. The predicted molar refractivity (Wildman–Crippen MR) is 79.9 cm³/mol. The molecule has 0 aliphatic carbocycles. The number of anilines is 2. The summed E-state index contributed by atoms with van der Waals surface area (Å²) in [5, 5.41) is 2.19. The molecule has 0 unspecified atom stereocenters. The molecule has 1 amide bonds. The number of carbonyl (C=O) groups is 1. The Morgan fingerprint density at radius 1 is 1.14 bits per heavy atom. The summed E-state index contributed by atoms with van der Waals surface area (Å²) < 4.78 is 27.0. The Balaban J connectivity index is 2.17. The Morgan fingerprint density at radius 2 is 1.68 bits per heavy atom. The van der Waals surface area contributed by atoms with Gasteiger partial charge in [-0.2, -0.15) is 0 Å². The molecule has 0 aliphatic heterocycles. The van der Waals surface area contributed by atoms with Crippen molar-refractivity contribution in [3.8, 4) is 0 Å². The van der Waals surface area contributed by atoms with Crippen molar-refractivity contribution in [2.45, 2.75) is 13.8 Å². The lowest BCUT2D eigenvalue weighted by Crippen LogP contribution is -2.24. The summed E-state index contributed by atoms with van der Waals surface area (Å²) in [5.41, 5.74) is -0.362. The molecule has 0 saturated carbocycles. The molecule has 0 atom stereocenters. The highest BCUT2D eigenvalue weighted by Crippen LogP contribution is 2.19. The van der Waals surface area contributed by atoms with Crippen molar-refractivity contribution in [1.82, 2.24) is 9.97 Å². The van der Waals surface area contributed by atoms with Crippen LogP contribution < -0.4 is 10.2 Å². The van der Waals surface area contributed by atoms with Gasteiger partial charge in [0.2, 0.25) is 5.95 Å². The van der Waals surface area contributed by atoms with Gasteiger partial charge in [0.15, 0.2) is 0 Å². The van der Waals surface area contributed by atoms with Crippen LogP contribution in [0.25, 0.3) is 0 Å². The Hall–Kier alpha value is -2.57. The number of aromatic nitrogens is 2. The highest BCUT2D eigenvalue weighted by atomic mass is 19.1. The number of hydrogen-bond donors (Lipinski definition) is 1.